The summed E-state index contributed by atoms with van der Waals surface area (Å²) in [6.07, 6.45) is 12.0. The number of amides is 1. The van der Waals surface area contributed by atoms with Crippen molar-refractivity contribution in [2.45, 2.75) is 90.4 Å². The number of hydrogen-bond donors (Lipinski definition) is 1. The molecule has 0 saturated heterocycles. The van der Waals surface area contributed by atoms with Crippen LogP contribution in [-0.2, 0) is 9.59 Å². The summed E-state index contributed by atoms with van der Waals surface area (Å²) in [6.45, 7) is 11.2. The first-order valence-corrected chi connectivity index (χ1v) is 12.2. The van der Waals surface area contributed by atoms with Gasteiger partial charge in [-0.1, -0.05) is 38.6 Å². The van der Waals surface area contributed by atoms with Crippen molar-refractivity contribution in [2.75, 3.05) is 0 Å². The fraction of sp³-hybridized carbons (Fsp3) is 0.833. The highest BCUT2D eigenvalue weighted by atomic mass is 32.2. The maximum atomic E-state index is 13.2. The third kappa shape index (κ3) is 3.09. The Morgan fingerprint density at radius 2 is 1.93 bits per heavy atom. The Hall–Kier alpha value is -0.770. The van der Waals surface area contributed by atoms with Crippen molar-refractivity contribution in [3.8, 4) is 0 Å². The summed E-state index contributed by atoms with van der Waals surface area (Å²) in [6, 6.07) is 0. The predicted octanol–water partition coefficient (Wildman–Crippen LogP) is 5.35. The molecule has 156 valence electrons. The summed E-state index contributed by atoms with van der Waals surface area (Å²) in [7, 11) is 0. The van der Waals surface area contributed by atoms with E-state index in [0.29, 0.717) is 23.0 Å². The molecule has 1 amide bonds. The fourth-order valence-corrected chi connectivity index (χ4v) is 8.33. The minimum atomic E-state index is -0.120. The molecule has 1 N–H and O–H groups in total. The van der Waals surface area contributed by atoms with Crippen LogP contribution >= 0.6 is 11.8 Å². The number of allylic oxidation sites excluding steroid dienone is 1. The minimum Gasteiger partial charge on any atom is -0.351 e. The standard InChI is InChI=1S/C24H37NO2S/c1-6-22(2,3)25-21(27)18-9-8-16-15-7-10-19-24(5,14-12-20(26)28-19)17(15)11-13-23(16,18)4/h12,14-19H,6-11,13H2,1-5H3,(H,25,27)/t15-,16-,17+,18?,19?,23-,24+/m0/s1. The summed E-state index contributed by atoms with van der Waals surface area (Å²) >= 11 is 1.57. The van der Waals surface area contributed by atoms with Crippen LogP contribution in [0, 0.1) is 34.5 Å². The van der Waals surface area contributed by atoms with E-state index in [1.54, 1.807) is 11.8 Å². The van der Waals surface area contributed by atoms with Gasteiger partial charge in [-0.3, -0.25) is 9.59 Å². The smallest absolute Gasteiger partial charge is 0.224 e. The molecule has 3 nitrogen and oxygen atoms in total. The Morgan fingerprint density at radius 1 is 1.18 bits per heavy atom. The second-order valence-corrected chi connectivity index (χ2v) is 12.2. The number of rotatable bonds is 3. The van der Waals surface area contributed by atoms with E-state index in [-0.39, 0.29) is 33.3 Å². The van der Waals surface area contributed by atoms with Crippen molar-refractivity contribution in [3.63, 3.8) is 0 Å². The van der Waals surface area contributed by atoms with Crippen molar-refractivity contribution in [1.82, 2.24) is 5.32 Å². The molecule has 0 radical (unpaired) electrons. The maximum Gasteiger partial charge on any atom is 0.224 e. The summed E-state index contributed by atoms with van der Waals surface area (Å²) in [5, 5.41) is 4.02. The first kappa shape index (κ1) is 20.5. The SMILES string of the molecule is CCC(C)(C)NC(=O)C1CC[C@H]2[C@@H]3CCC4SC(=O)C=C[C@]4(C)[C@@H]3CC[C@]12C. The van der Waals surface area contributed by atoms with Gasteiger partial charge in [-0.05, 0) is 88.0 Å². The highest BCUT2D eigenvalue weighted by Gasteiger charge is 2.61. The number of carbonyl (C=O) groups is 2. The van der Waals surface area contributed by atoms with Gasteiger partial charge in [-0.25, -0.2) is 0 Å². The number of carbonyl (C=O) groups excluding carboxylic acids is 2. The molecule has 28 heavy (non-hydrogen) atoms. The zero-order valence-electron chi connectivity index (χ0n) is 18.2. The molecule has 1 heterocycles. The molecule has 0 aromatic rings. The lowest BCUT2D eigenvalue weighted by Crippen LogP contribution is -2.55. The van der Waals surface area contributed by atoms with E-state index < -0.39 is 0 Å². The van der Waals surface area contributed by atoms with Gasteiger partial charge in [-0.15, -0.1) is 0 Å². The molecule has 4 heteroatoms. The van der Waals surface area contributed by atoms with Gasteiger partial charge in [0.15, 0.2) is 0 Å². The Labute approximate surface area is 174 Å². The van der Waals surface area contributed by atoms with Crippen LogP contribution in [0.25, 0.3) is 0 Å². The summed E-state index contributed by atoms with van der Waals surface area (Å²) < 4.78 is 0. The van der Waals surface area contributed by atoms with Gasteiger partial charge in [0.05, 0.1) is 0 Å². The van der Waals surface area contributed by atoms with Crippen LogP contribution in [0.2, 0.25) is 0 Å². The van der Waals surface area contributed by atoms with Crippen LogP contribution in [0.3, 0.4) is 0 Å². The van der Waals surface area contributed by atoms with E-state index in [1.165, 1.54) is 19.3 Å². The van der Waals surface area contributed by atoms with Gasteiger partial charge < -0.3 is 5.32 Å². The van der Waals surface area contributed by atoms with Gasteiger partial charge in [0.2, 0.25) is 11.0 Å². The van der Waals surface area contributed by atoms with Crippen LogP contribution in [0.15, 0.2) is 12.2 Å². The lowest BCUT2D eigenvalue weighted by atomic mass is 9.49. The highest BCUT2D eigenvalue weighted by Crippen LogP contribution is 2.66. The molecule has 3 fully saturated rings. The lowest BCUT2D eigenvalue weighted by molar-refractivity contribution is -0.133. The van der Waals surface area contributed by atoms with Crippen LogP contribution in [-0.4, -0.2) is 21.8 Å². The molecule has 7 atom stereocenters. The molecule has 2 unspecified atom stereocenters. The quantitative estimate of drug-likeness (QED) is 0.691. The monoisotopic (exact) mass is 403 g/mol. The lowest BCUT2D eigenvalue weighted by Gasteiger charge is -2.58. The van der Waals surface area contributed by atoms with Crippen LogP contribution in [0.5, 0.6) is 0 Å². The van der Waals surface area contributed by atoms with Gasteiger partial charge in [-0.2, -0.15) is 0 Å². The topological polar surface area (TPSA) is 46.2 Å². The average molecular weight is 404 g/mol. The zero-order chi connectivity index (χ0) is 20.3. The number of thioether (sulfide) groups is 1. The first-order chi connectivity index (χ1) is 13.1. The second-order valence-electron chi connectivity index (χ2n) is 11.0. The van der Waals surface area contributed by atoms with Gasteiger partial charge in [0.25, 0.3) is 0 Å². The van der Waals surface area contributed by atoms with Gasteiger partial charge >= 0.3 is 0 Å². The van der Waals surface area contributed by atoms with E-state index in [2.05, 4.69) is 46.0 Å². The van der Waals surface area contributed by atoms with Crippen molar-refractivity contribution in [2.24, 2.45) is 34.5 Å². The zero-order valence-corrected chi connectivity index (χ0v) is 19.0. The molecule has 0 aromatic carbocycles. The van der Waals surface area contributed by atoms with Crippen molar-refractivity contribution in [3.05, 3.63) is 12.2 Å². The fourth-order valence-electron chi connectivity index (χ4n) is 7.14. The number of nitrogens with one attached hydrogen (secondary N) is 1. The van der Waals surface area contributed by atoms with E-state index in [0.717, 1.165) is 25.7 Å². The molecule has 0 spiro atoms. The van der Waals surface area contributed by atoms with E-state index in [9.17, 15) is 9.59 Å². The second kappa shape index (κ2) is 6.89. The molecule has 3 aliphatic carbocycles. The summed E-state index contributed by atoms with van der Waals surface area (Å²) in [4.78, 5) is 25.1. The molecule has 3 saturated carbocycles. The Kier molecular flexibility index (Phi) is 5.04. The number of fused-ring (bicyclic) bond motifs is 5. The normalized spacial score (nSPS) is 45.2. The first-order valence-electron chi connectivity index (χ1n) is 11.3. The Morgan fingerprint density at radius 3 is 2.64 bits per heavy atom. The van der Waals surface area contributed by atoms with Crippen molar-refractivity contribution >= 4 is 22.8 Å². The largest absolute Gasteiger partial charge is 0.351 e. The molecule has 4 aliphatic rings. The minimum absolute atomic E-state index is 0.120. The highest BCUT2D eigenvalue weighted by molar-refractivity contribution is 8.14. The maximum absolute atomic E-state index is 13.2. The number of hydrogen-bond acceptors (Lipinski definition) is 3. The van der Waals surface area contributed by atoms with Crippen molar-refractivity contribution < 1.29 is 9.59 Å². The van der Waals surface area contributed by atoms with E-state index in [4.69, 9.17) is 0 Å². The Balaban J connectivity index is 1.56. The third-order valence-electron chi connectivity index (χ3n) is 9.19. The third-order valence-corrected chi connectivity index (χ3v) is 10.6. The van der Waals surface area contributed by atoms with Crippen LogP contribution in [0.1, 0.15) is 79.6 Å². The molecule has 0 aromatic heterocycles. The van der Waals surface area contributed by atoms with Gasteiger partial charge in [0.1, 0.15) is 0 Å². The predicted molar refractivity (Wildman–Crippen MR) is 116 cm³/mol. The molecule has 4 rings (SSSR count). The Bertz CT molecular complexity index is 701. The molecule has 1 aliphatic heterocycles. The molecular weight excluding hydrogens is 366 g/mol. The van der Waals surface area contributed by atoms with E-state index >= 15 is 0 Å². The average Bonchev–Trinajstić information content (AvgIpc) is 2.99. The molecular formula is C24H37NO2S. The van der Waals surface area contributed by atoms with E-state index in [1.807, 2.05) is 6.08 Å². The van der Waals surface area contributed by atoms with Crippen molar-refractivity contribution in [1.29, 1.82) is 0 Å². The summed E-state index contributed by atoms with van der Waals surface area (Å²) in [5.74, 6) is 2.47. The van der Waals surface area contributed by atoms with Crippen LogP contribution < -0.4 is 5.32 Å². The van der Waals surface area contributed by atoms with Gasteiger partial charge in [0, 0.05) is 22.1 Å². The molecule has 0 bridgehead atoms. The van der Waals surface area contributed by atoms with Crippen LogP contribution in [0.4, 0.5) is 0 Å². The summed E-state index contributed by atoms with van der Waals surface area (Å²) in [5.41, 5.74) is 0.165.